The summed E-state index contributed by atoms with van der Waals surface area (Å²) in [7, 11) is 0. The first-order chi connectivity index (χ1) is 15.7. The van der Waals surface area contributed by atoms with Gasteiger partial charge < -0.3 is 23.9 Å². The number of nitrogens with zero attached hydrogens (tertiary/aromatic N) is 3. The van der Waals surface area contributed by atoms with Crippen molar-refractivity contribution in [2.24, 2.45) is 0 Å². The fourth-order valence-corrected chi connectivity index (χ4v) is 4.47. The van der Waals surface area contributed by atoms with Crippen LogP contribution in [-0.4, -0.2) is 64.3 Å². The van der Waals surface area contributed by atoms with Gasteiger partial charge in [-0.05, 0) is 42.3 Å². The summed E-state index contributed by atoms with van der Waals surface area (Å²) in [5, 5.41) is 10.5. The first-order valence-corrected chi connectivity index (χ1v) is 10.9. The van der Waals surface area contributed by atoms with E-state index in [1.54, 1.807) is 9.30 Å². The molecule has 33 heavy (non-hydrogen) atoms. The van der Waals surface area contributed by atoms with Crippen molar-refractivity contribution < 1.29 is 28.2 Å². The van der Waals surface area contributed by atoms with Crippen LogP contribution in [0.2, 0.25) is 0 Å². The third kappa shape index (κ3) is 3.90. The Morgan fingerprint density at radius 3 is 2.64 bits per heavy atom. The van der Waals surface area contributed by atoms with E-state index in [0.29, 0.717) is 37.5 Å². The van der Waals surface area contributed by atoms with Crippen LogP contribution in [0.15, 0.2) is 30.5 Å². The molecule has 0 unspecified atom stereocenters. The number of ether oxygens (including phenoxy) is 2. The van der Waals surface area contributed by atoms with Crippen molar-refractivity contribution in [2.45, 2.75) is 32.0 Å². The van der Waals surface area contributed by atoms with Crippen LogP contribution >= 0.6 is 0 Å². The second-order valence-electron chi connectivity index (χ2n) is 8.84. The summed E-state index contributed by atoms with van der Waals surface area (Å²) in [5.74, 6) is -1.65. The fourth-order valence-electron chi connectivity index (χ4n) is 4.47. The number of aliphatic hydroxyl groups is 1. The number of imidazole rings is 1. The summed E-state index contributed by atoms with van der Waals surface area (Å²) in [6.07, 6.45) is 1.81. The van der Waals surface area contributed by atoms with Crippen molar-refractivity contribution in [2.75, 3.05) is 32.9 Å². The van der Waals surface area contributed by atoms with Gasteiger partial charge >= 0.3 is 0 Å². The van der Waals surface area contributed by atoms with Gasteiger partial charge in [-0.3, -0.25) is 4.79 Å². The average molecular weight is 457 g/mol. The monoisotopic (exact) mass is 457 g/mol. The summed E-state index contributed by atoms with van der Waals surface area (Å²) >= 11 is 0. The van der Waals surface area contributed by atoms with Gasteiger partial charge in [0.1, 0.15) is 22.9 Å². The number of benzene rings is 1. The van der Waals surface area contributed by atoms with Crippen LogP contribution in [0.4, 0.5) is 8.78 Å². The Balaban J connectivity index is 1.59. The van der Waals surface area contributed by atoms with Crippen molar-refractivity contribution in [3.63, 3.8) is 0 Å². The Morgan fingerprint density at radius 1 is 1.27 bits per heavy atom. The molecule has 3 aromatic rings. The fraction of sp³-hybridized carbons (Fsp3) is 0.417. The highest BCUT2D eigenvalue weighted by Gasteiger charge is 2.39. The van der Waals surface area contributed by atoms with Crippen molar-refractivity contribution >= 4 is 11.6 Å². The smallest absolute Gasteiger partial charge is 0.219 e. The van der Waals surface area contributed by atoms with Gasteiger partial charge in [-0.2, -0.15) is 0 Å². The maximum atomic E-state index is 15.3. The second kappa shape index (κ2) is 8.16. The highest BCUT2D eigenvalue weighted by molar-refractivity contribution is 5.73. The minimum absolute atomic E-state index is 0.00418. The van der Waals surface area contributed by atoms with Crippen molar-refractivity contribution in [3.05, 3.63) is 58.9 Å². The highest BCUT2D eigenvalue weighted by atomic mass is 19.1. The second-order valence-corrected chi connectivity index (χ2v) is 8.84. The molecule has 2 aromatic heterocycles. The zero-order valence-electron chi connectivity index (χ0n) is 18.5. The summed E-state index contributed by atoms with van der Waals surface area (Å²) in [6.45, 7) is 4.73. The Kier molecular flexibility index (Phi) is 5.43. The SMILES string of the molecule is CC(=O)N1CCO[C@@H](Cc2c(-c3c(F)cc(C4(O)COC4)cc3F)nc3cc(C)ccn23)C1. The van der Waals surface area contributed by atoms with E-state index in [1.165, 1.54) is 6.92 Å². The summed E-state index contributed by atoms with van der Waals surface area (Å²) in [4.78, 5) is 18.1. The number of carbonyl (C=O) groups excluding carboxylic acids is 1. The summed E-state index contributed by atoms with van der Waals surface area (Å²) in [6, 6.07) is 6.03. The summed E-state index contributed by atoms with van der Waals surface area (Å²) < 4.78 is 43.3. The number of hydrogen-bond donors (Lipinski definition) is 1. The van der Waals surface area contributed by atoms with E-state index in [0.717, 1.165) is 17.7 Å². The molecule has 0 saturated carbocycles. The molecule has 1 N–H and O–H groups in total. The van der Waals surface area contributed by atoms with Gasteiger partial charge in [0.15, 0.2) is 0 Å². The molecule has 0 radical (unpaired) electrons. The Morgan fingerprint density at radius 2 is 2.00 bits per heavy atom. The van der Waals surface area contributed by atoms with Gasteiger partial charge in [0.05, 0.1) is 42.9 Å². The predicted molar refractivity (Wildman–Crippen MR) is 116 cm³/mol. The lowest BCUT2D eigenvalue weighted by atomic mass is 9.90. The molecule has 4 heterocycles. The zero-order chi connectivity index (χ0) is 23.3. The number of aryl methyl sites for hydroxylation is 1. The number of aromatic nitrogens is 2. The van der Waals surface area contributed by atoms with Gasteiger partial charge in [-0.1, -0.05) is 0 Å². The van der Waals surface area contributed by atoms with E-state index in [-0.39, 0.29) is 42.0 Å². The Labute approximate surface area is 189 Å². The van der Waals surface area contributed by atoms with Crippen LogP contribution in [0.5, 0.6) is 0 Å². The van der Waals surface area contributed by atoms with E-state index >= 15 is 8.78 Å². The molecule has 2 aliphatic heterocycles. The number of rotatable bonds is 4. The molecule has 1 aromatic carbocycles. The molecular formula is C24H25F2N3O4. The minimum Gasteiger partial charge on any atom is -0.380 e. The largest absolute Gasteiger partial charge is 0.380 e. The van der Waals surface area contributed by atoms with Crippen LogP contribution in [0.3, 0.4) is 0 Å². The molecule has 7 nitrogen and oxygen atoms in total. The maximum Gasteiger partial charge on any atom is 0.219 e. The van der Waals surface area contributed by atoms with Gasteiger partial charge in [-0.25, -0.2) is 13.8 Å². The Bertz CT molecular complexity index is 1210. The molecule has 2 fully saturated rings. The van der Waals surface area contributed by atoms with E-state index in [1.807, 2.05) is 25.3 Å². The molecule has 174 valence electrons. The van der Waals surface area contributed by atoms with Crippen molar-refractivity contribution in [1.29, 1.82) is 0 Å². The highest BCUT2D eigenvalue weighted by Crippen LogP contribution is 2.36. The first kappa shape index (κ1) is 21.9. The number of carbonyl (C=O) groups is 1. The first-order valence-electron chi connectivity index (χ1n) is 10.9. The molecule has 1 amide bonds. The van der Waals surface area contributed by atoms with Gasteiger partial charge in [-0.15, -0.1) is 0 Å². The van der Waals surface area contributed by atoms with Crippen LogP contribution in [0.25, 0.3) is 16.9 Å². The Hall–Kier alpha value is -2.88. The van der Waals surface area contributed by atoms with Gasteiger partial charge in [0.25, 0.3) is 0 Å². The van der Waals surface area contributed by atoms with E-state index < -0.39 is 17.2 Å². The number of hydrogen-bond acceptors (Lipinski definition) is 5. The molecule has 1 atom stereocenters. The zero-order valence-corrected chi connectivity index (χ0v) is 18.5. The molecule has 2 saturated heterocycles. The topological polar surface area (TPSA) is 76.3 Å². The lowest BCUT2D eigenvalue weighted by Crippen LogP contribution is -2.46. The van der Waals surface area contributed by atoms with Crippen molar-refractivity contribution in [1.82, 2.24) is 14.3 Å². The third-order valence-corrected chi connectivity index (χ3v) is 6.38. The standard InChI is InChI=1S/C24H25F2N3O4/c1-14-3-4-29-20(10-17-11-28(15(2)30)5-6-33-17)23(27-21(29)7-14)22-18(25)8-16(9-19(22)26)24(31)12-32-13-24/h3-4,7-9,17,31H,5-6,10-13H2,1-2H3/t17-/m0/s1. The number of amides is 1. The quantitative estimate of drug-likeness (QED) is 0.652. The van der Waals surface area contributed by atoms with E-state index in [9.17, 15) is 9.90 Å². The molecule has 9 heteroatoms. The molecular weight excluding hydrogens is 432 g/mol. The number of pyridine rings is 1. The molecule has 0 spiro atoms. The number of fused-ring (bicyclic) bond motifs is 1. The molecule has 0 bridgehead atoms. The van der Waals surface area contributed by atoms with Crippen LogP contribution in [0, 0.1) is 18.6 Å². The van der Waals surface area contributed by atoms with Crippen LogP contribution in [-0.2, 0) is 26.3 Å². The number of morpholine rings is 1. The minimum atomic E-state index is -1.38. The molecule has 0 aliphatic carbocycles. The van der Waals surface area contributed by atoms with E-state index in [4.69, 9.17) is 9.47 Å². The predicted octanol–water partition coefficient (Wildman–Crippen LogP) is 2.60. The van der Waals surface area contributed by atoms with E-state index in [2.05, 4.69) is 4.98 Å². The van der Waals surface area contributed by atoms with Crippen LogP contribution < -0.4 is 0 Å². The lowest BCUT2D eigenvalue weighted by Gasteiger charge is -2.36. The molecule has 2 aliphatic rings. The normalized spacial score (nSPS) is 20.2. The lowest BCUT2D eigenvalue weighted by molar-refractivity contribution is -0.184. The molecule has 5 rings (SSSR count). The summed E-state index contributed by atoms with van der Waals surface area (Å²) in [5.41, 5.74) is 0.808. The van der Waals surface area contributed by atoms with Gasteiger partial charge in [0.2, 0.25) is 5.91 Å². The maximum absolute atomic E-state index is 15.3. The van der Waals surface area contributed by atoms with Gasteiger partial charge in [0, 0.05) is 32.6 Å². The van der Waals surface area contributed by atoms with Crippen LogP contribution in [0.1, 0.15) is 23.7 Å². The van der Waals surface area contributed by atoms with Crippen molar-refractivity contribution in [3.8, 4) is 11.3 Å². The third-order valence-electron chi connectivity index (χ3n) is 6.38. The average Bonchev–Trinajstić information content (AvgIpc) is 3.08. The number of halogens is 2.